The Morgan fingerprint density at radius 2 is 2.17 bits per heavy atom. The maximum absolute atomic E-state index is 12.6. The number of hydrogen-bond donors (Lipinski definition) is 2. The molecular formula is C18H28N2O3. The lowest BCUT2D eigenvalue weighted by molar-refractivity contribution is -0.00474. The summed E-state index contributed by atoms with van der Waals surface area (Å²) in [5.74, 6) is 0. The van der Waals surface area contributed by atoms with E-state index in [1.165, 1.54) is 11.1 Å². The highest BCUT2D eigenvalue weighted by Gasteiger charge is 2.29. The van der Waals surface area contributed by atoms with E-state index in [-0.39, 0.29) is 18.1 Å². The normalized spacial score (nSPS) is 20.9. The van der Waals surface area contributed by atoms with E-state index in [0.717, 1.165) is 5.56 Å². The number of benzene rings is 1. The van der Waals surface area contributed by atoms with Gasteiger partial charge in [0.25, 0.3) is 0 Å². The van der Waals surface area contributed by atoms with Crippen LogP contribution in [0.15, 0.2) is 18.2 Å². The van der Waals surface area contributed by atoms with Gasteiger partial charge in [0.05, 0.1) is 31.4 Å². The predicted octanol–water partition coefficient (Wildman–Crippen LogP) is 2.55. The molecule has 0 unspecified atom stereocenters. The average Bonchev–Trinajstić information content (AvgIpc) is 2.49. The molecule has 1 heterocycles. The van der Waals surface area contributed by atoms with Crippen LogP contribution in [-0.2, 0) is 4.74 Å². The molecule has 0 aromatic heterocycles. The van der Waals surface area contributed by atoms with Crippen LogP contribution in [-0.4, -0.2) is 47.9 Å². The van der Waals surface area contributed by atoms with E-state index in [4.69, 9.17) is 4.74 Å². The van der Waals surface area contributed by atoms with Gasteiger partial charge in [0.1, 0.15) is 0 Å². The first-order chi connectivity index (χ1) is 10.9. The van der Waals surface area contributed by atoms with Gasteiger partial charge in [-0.25, -0.2) is 4.79 Å². The maximum Gasteiger partial charge on any atom is 0.318 e. The summed E-state index contributed by atoms with van der Waals surface area (Å²) in [6.07, 6.45) is 0.0825. The monoisotopic (exact) mass is 320 g/mol. The Hall–Kier alpha value is -1.59. The molecule has 5 nitrogen and oxygen atoms in total. The molecule has 0 spiro atoms. The van der Waals surface area contributed by atoms with Crippen LogP contribution in [0.1, 0.15) is 43.0 Å². The van der Waals surface area contributed by atoms with Gasteiger partial charge < -0.3 is 20.1 Å². The van der Waals surface area contributed by atoms with E-state index in [1.807, 2.05) is 6.92 Å². The molecular weight excluding hydrogens is 292 g/mol. The van der Waals surface area contributed by atoms with Gasteiger partial charge in [-0.2, -0.15) is 0 Å². The second kappa shape index (κ2) is 7.79. The van der Waals surface area contributed by atoms with Crippen LogP contribution in [0, 0.1) is 13.8 Å². The largest absolute Gasteiger partial charge is 0.393 e. The lowest BCUT2D eigenvalue weighted by atomic mass is 10.00. The summed E-state index contributed by atoms with van der Waals surface area (Å²) in [4.78, 5) is 14.4. The molecule has 5 heteroatoms. The molecule has 1 aromatic rings. The Morgan fingerprint density at radius 3 is 2.87 bits per heavy atom. The van der Waals surface area contributed by atoms with E-state index in [9.17, 15) is 9.90 Å². The molecule has 1 aliphatic rings. The molecule has 2 rings (SSSR count). The summed E-state index contributed by atoms with van der Waals surface area (Å²) >= 11 is 0. The fourth-order valence-corrected chi connectivity index (χ4v) is 3.08. The first kappa shape index (κ1) is 17.8. The number of nitrogens with zero attached hydrogens (tertiary/aromatic N) is 1. The Morgan fingerprint density at radius 1 is 1.43 bits per heavy atom. The number of ether oxygens (including phenoxy) is 1. The van der Waals surface area contributed by atoms with Crippen molar-refractivity contribution in [2.24, 2.45) is 0 Å². The summed E-state index contributed by atoms with van der Waals surface area (Å²) < 4.78 is 5.46. The summed E-state index contributed by atoms with van der Waals surface area (Å²) in [6, 6.07) is 6.05. The van der Waals surface area contributed by atoms with Crippen molar-refractivity contribution in [3.05, 3.63) is 34.9 Å². The number of carbonyl (C=O) groups is 1. The Bertz CT molecular complexity index is 545. The summed E-state index contributed by atoms with van der Waals surface area (Å²) in [6.45, 7) is 9.44. The smallest absolute Gasteiger partial charge is 0.318 e. The van der Waals surface area contributed by atoms with Gasteiger partial charge in [-0.15, -0.1) is 0 Å². The third-order valence-corrected chi connectivity index (χ3v) is 4.34. The molecule has 128 valence electrons. The van der Waals surface area contributed by atoms with Gasteiger partial charge in [0.15, 0.2) is 0 Å². The molecule has 2 N–H and O–H groups in total. The molecule has 0 radical (unpaired) electrons. The van der Waals surface area contributed by atoms with Crippen LogP contribution >= 0.6 is 0 Å². The highest BCUT2D eigenvalue weighted by atomic mass is 16.5. The fourth-order valence-electron chi connectivity index (χ4n) is 3.08. The second-order valence-electron chi connectivity index (χ2n) is 6.54. The molecule has 1 aliphatic heterocycles. The topological polar surface area (TPSA) is 61.8 Å². The highest BCUT2D eigenvalue weighted by Crippen LogP contribution is 2.20. The van der Waals surface area contributed by atoms with E-state index in [1.54, 1.807) is 11.8 Å². The number of urea groups is 1. The van der Waals surface area contributed by atoms with Crippen molar-refractivity contribution >= 4 is 6.03 Å². The number of aliphatic hydroxyl groups is 1. The second-order valence-corrected chi connectivity index (χ2v) is 6.54. The number of nitrogens with one attached hydrogen (secondary N) is 1. The number of hydrogen-bond acceptors (Lipinski definition) is 3. The maximum atomic E-state index is 12.6. The van der Waals surface area contributed by atoms with Crippen molar-refractivity contribution in [2.75, 3.05) is 19.8 Å². The molecule has 1 saturated heterocycles. The Balaban J connectivity index is 2.05. The summed E-state index contributed by atoms with van der Waals surface area (Å²) in [7, 11) is 0. The molecule has 23 heavy (non-hydrogen) atoms. The Kier molecular flexibility index (Phi) is 6.02. The van der Waals surface area contributed by atoms with Crippen molar-refractivity contribution in [3.63, 3.8) is 0 Å². The zero-order valence-corrected chi connectivity index (χ0v) is 14.5. The molecule has 3 atom stereocenters. The van der Waals surface area contributed by atoms with Crippen molar-refractivity contribution in [3.8, 4) is 0 Å². The van der Waals surface area contributed by atoms with Crippen molar-refractivity contribution < 1.29 is 14.6 Å². The number of morpholine rings is 1. The molecule has 1 fully saturated rings. The van der Waals surface area contributed by atoms with Crippen molar-refractivity contribution in [1.29, 1.82) is 0 Å². The number of aliphatic hydroxyl groups excluding tert-OH is 1. The van der Waals surface area contributed by atoms with Crippen molar-refractivity contribution in [1.82, 2.24) is 10.2 Å². The minimum Gasteiger partial charge on any atom is -0.393 e. The van der Waals surface area contributed by atoms with Crippen LogP contribution in [0.3, 0.4) is 0 Å². The zero-order chi connectivity index (χ0) is 17.0. The molecule has 0 saturated carbocycles. The minimum absolute atomic E-state index is 0.0579. The number of rotatable bonds is 4. The van der Waals surface area contributed by atoms with Crippen LogP contribution < -0.4 is 5.32 Å². The van der Waals surface area contributed by atoms with Gasteiger partial charge in [0.2, 0.25) is 0 Å². The van der Waals surface area contributed by atoms with E-state index in [2.05, 4.69) is 37.4 Å². The molecule has 0 bridgehead atoms. The van der Waals surface area contributed by atoms with E-state index >= 15 is 0 Å². The van der Waals surface area contributed by atoms with Crippen LogP contribution in [0.5, 0.6) is 0 Å². The molecule has 2 amide bonds. The van der Waals surface area contributed by atoms with Gasteiger partial charge >= 0.3 is 6.03 Å². The van der Waals surface area contributed by atoms with Crippen LogP contribution in [0.4, 0.5) is 4.79 Å². The van der Waals surface area contributed by atoms with Crippen LogP contribution in [0.2, 0.25) is 0 Å². The van der Waals surface area contributed by atoms with Crippen LogP contribution in [0.25, 0.3) is 0 Å². The van der Waals surface area contributed by atoms with Crippen molar-refractivity contribution in [2.45, 2.75) is 52.3 Å². The number of amides is 2. The molecule has 0 aliphatic carbocycles. The third-order valence-electron chi connectivity index (χ3n) is 4.34. The third kappa shape index (κ3) is 4.69. The predicted molar refractivity (Wildman–Crippen MR) is 90.5 cm³/mol. The Labute approximate surface area is 138 Å². The number of carbonyl (C=O) groups excluding carboxylic acids is 1. The summed E-state index contributed by atoms with van der Waals surface area (Å²) in [5, 5.41) is 12.7. The lowest BCUT2D eigenvalue weighted by Gasteiger charge is -2.37. The first-order valence-corrected chi connectivity index (χ1v) is 8.28. The lowest BCUT2D eigenvalue weighted by Crippen LogP contribution is -2.53. The van der Waals surface area contributed by atoms with Gasteiger partial charge in [-0.05, 0) is 45.2 Å². The van der Waals surface area contributed by atoms with E-state index < -0.39 is 6.10 Å². The SMILES string of the molecule is Cc1ccc(C)c([C@H](C)NC(=O)N2CCOC[C@H]2C[C@@H](C)O)c1. The minimum atomic E-state index is -0.451. The average molecular weight is 320 g/mol. The zero-order valence-electron chi connectivity index (χ0n) is 14.5. The fraction of sp³-hybridized carbons (Fsp3) is 0.611. The standard InChI is InChI=1S/C18H28N2O3/c1-12-5-6-13(2)17(9-12)15(4)19-18(22)20-7-8-23-11-16(20)10-14(3)21/h5-6,9,14-16,21H,7-8,10-11H2,1-4H3,(H,19,22)/t14-,15+,16-/m1/s1. The van der Waals surface area contributed by atoms with Gasteiger partial charge in [-0.3, -0.25) is 0 Å². The number of aryl methyl sites for hydroxylation is 2. The first-order valence-electron chi connectivity index (χ1n) is 8.28. The highest BCUT2D eigenvalue weighted by molar-refractivity contribution is 5.75. The molecule has 1 aromatic carbocycles. The van der Waals surface area contributed by atoms with Gasteiger partial charge in [-0.1, -0.05) is 23.8 Å². The van der Waals surface area contributed by atoms with E-state index in [0.29, 0.717) is 26.2 Å². The van der Waals surface area contributed by atoms with Gasteiger partial charge in [0, 0.05) is 6.54 Å². The summed E-state index contributed by atoms with van der Waals surface area (Å²) in [5.41, 5.74) is 3.50. The quantitative estimate of drug-likeness (QED) is 0.896.